The van der Waals surface area contributed by atoms with Gasteiger partial charge in [0.1, 0.15) is 12.4 Å². The average molecular weight is 222 g/mol. The highest BCUT2D eigenvalue weighted by Gasteiger charge is 2.10. The second-order valence-electron chi connectivity index (χ2n) is 3.16. The van der Waals surface area contributed by atoms with Crippen molar-refractivity contribution in [3.8, 4) is 5.88 Å². The van der Waals surface area contributed by atoms with E-state index in [1.165, 1.54) is 18.5 Å². The molecule has 0 aliphatic heterocycles. The normalized spacial score (nSPS) is 10.4. The van der Waals surface area contributed by atoms with E-state index in [1.54, 1.807) is 12.1 Å². The first kappa shape index (κ1) is 10.6. The number of furan rings is 1. The summed E-state index contributed by atoms with van der Waals surface area (Å²) in [5.41, 5.74) is 5.75. The van der Waals surface area contributed by atoms with Crippen molar-refractivity contribution in [3.05, 3.63) is 47.8 Å². The number of nitrogens with two attached hydrogens (primary N) is 1. The Morgan fingerprint density at radius 1 is 1.44 bits per heavy atom. The third-order valence-electron chi connectivity index (χ3n) is 2.09. The lowest BCUT2D eigenvalue weighted by molar-refractivity contribution is 0.247. The lowest BCUT2D eigenvalue weighted by Crippen LogP contribution is -2.04. The highest BCUT2D eigenvalue weighted by Crippen LogP contribution is 2.18. The molecule has 2 N–H and O–H groups in total. The number of nitrogens with zero attached hydrogens (tertiary/aromatic N) is 1. The van der Waals surface area contributed by atoms with E-state index in [9.17, 15) is 4.39 Å². The minimum Gasteiger partial charge on any atom is -0.467 e. The molecule has 0 saturated heterocycles. The molecule has 0 aliphatic carbocycles. The minimum atomic E-state index is -0.517. The maximum atomic E-state index is 13.6. The maximum absolute atomic E-state index is 13.6. The summed E-state index contributed by atoms with van der Waals surface area (Å²) in [5.74, 6) is 0.0373. The van der Waals surface area contributed by atoms with Gasteiger partial charge in [-0.15, -0.1) is 0 Å². The molecule has 0 radical (unpaired) electrons. The van der Waals surface area contributed by atoms with E-state index in [2.05, 4.69) is 4.98 Å². The molecule has 0 amide bonds. The van der Waals surface area contributed by atoms with Crippen LogP contribution in [0.1, 0.15) is 11.3 Å². The molecular weight excluding hydrogens is 211 g/mol. The van der Waals surface area contributed by atoms with Crippen LogP contribution in [-0.4, -0.2) is 4.98 Å². The van der Waals surface area contributed by atoms with Crippen LogP contribution in [0.2, 0.25) is 0 Å². The van der Waals surface area contributed by atoms with Crippen molar-refractivity contribution in [1.29, 1.82) is 0 Å². The first-order valence-electron chi connectivity index (χ1n) is 4.80. The van der Waals surface area contributed by atoms with E-state index in [-0.39, 0.29) is 19.0 Å². The predicted octanol–water partition coefficient (Wildman–Crippen LogP) is 1.85. The second-order valence-corrected chi connectivity index (χ2v) is 3.16. The fraction of sp³-hybridized carbons (Fsp3) is 0.182. The molecule has 2 aromatic heterocycles. The molecular formula is C11H11FN2O2. The standard InChI is InChI=1S/C11H11FN2O2/c12-10-8(6-13)3-4-14-11(10)16-7-9-2-1-5-15-9/h1-5H,6-7,13H2. The number of ether oxygens (including phenoxy) is 1. The molecule has 0 aromatic carbocycles. The highest BCUT2D eigenvalue weighted by atomic mass is 19.1. The van der Waals surface area contributed by atoms with Gasteiger partial charge in [-0.25, -0.2) is 9.37 Å². The van der Waals surface area contributed by atoms with Crippen LogP contribution < -0.4 is 10.5 Å². The fourth-order valence-electron chi connectivity index (χ4n) is 1.25. The molecule has 0 bridgehead atoms. The second kappa shape index (κ2) is 4.76. The molecule has 0 fully saturated rings. The molecule has 0 aliphatic rings. The van der Waals surface area contributed by atoms with Gasteiger partial charge in [0.2, 0.25) is 0 Å². The molecule has 0 spiro atoms. The molecule has 2 aromatic rings. The smallest absolute Gasteiger partial charge is 0.251 e. The Labute approximate surface area is 91.9 Å². The van der Waals surface area contributed by atoms with E-state index in [0.29, 0.717) is 11.3 Å². The van der Waals surface area contributed by atoms with Crippen molar-refractivity contribution in [1.82, 2.24) is 4.98 Å². The third kappa shape index (κ3) is 2.20. The number of halogens is 1. The maximum Gasteiger partial charge on any atom is 0.251 e. The van der Waals surface area contributed by atoms with Crippen LogP contribution in [0.25, 0.3) is 0 Å². The van der Waals surface area contributed by atoms with Crippen molar-refractivity contribution < 1.29 is 13.5 Å². The van der Waals surface area contributed by atoms with Crippen LogP contribution in [0, 0.1) is 5.82 Å². The summed E-state index contributed by atoms with van der Waals surface area (Å²) in [5, 5.41) is 0. The van der Waals surface area contributed by atoms with Crippen molar-refractivity contribution in [3.63, 3.8) is 0 Å². The first-order valence-corrected chi connectivity index (χ1v) is 4.80. The van der Waals surface area contributed by atoms with Gasteiger partial charge in [-0.1, -0.05) is 0 Å². The first-order chi connectivity index (χ1) is 7.81. The van der Waals surface area contributed by atoms with Gasteiger partial charge in [-0.05, 0) is 18.2 Å². The highest BCUT2D eigenvalue weighted by molar-refractivity contribution is 5.23. The third-order valence-corrected chi connectivity index (χ3v) is 2.09. The van der Waals surface area contributed by atoms with Gasteiger partial charge in [0, 0.05) is 18.3 Å². The van der Waals surface area contributed by atoms with E-state index in [1.807, 2.05) is 0 Å². The molecule has 2 rings (SSSR count). The summed E-state index contributed by atoms with van der Waals surface area (Å²) < 4.78 is 23.8. The Morgan fingerprint density at radius 2 is 2.31 bits per heavy atom. The lowest BCUT2D eigenvalue weighted by atomic mass is 10.2. The van der Waals surface area contributed by atoms with Gasteiger partial charge in [-0.3, -0.25) is 0 Å². The Balaban J connectivity index is 2.09. The summed E-state index contributed by atoms with van der Waals surface area (Å²) in [6.45, 7) is 0.260. The number of rotatable bonds is 4. The Bertz CT molecular complexity index is 457. The number of hydrogen-bond donors (Lipinski definition) is 1. The average Bonchev–Trinajstić information content (AvgIpc) is 2.81. The van der Waals surface area contributed by atoms with Gasteiger partial charge >= 0.3 is 0 Å². The van der Waals surface area contributed by atoms with E-state index in [4.69, 9.17) is 14.9 Å². The zero-order valence-electron chi connectivity index (χ0n) is 8.52. The minimum absolute atomic E-state index is 0.0562. The van der Waals surface area contributed by atoms with E-state index < -0.39 is 5.82 Å². The Kier molecular flexibility index (Phi) is 3.16. The van der Waals surface area contributed by atoms with Crippen LogP contribution >= 0.6 is 0 Å². The number of aromatic nitrogens is 1. The zero-order valence-corrected chi connectivity index (χ0v) is 8.52. The molecule has 0 unspecified atom stereocenters. The zero-order chi connectivity index (χ0) is 11.4. The van der Waals surface area contributed by atoms with Crippen LogP contribution in [0.4, 0.5) is 4.39 Å². The van der Waals surface area contributed by atoms with E-state index >= 15 is 0 Å². The number of pyridine rings is 1. The lowest BCUT2D eigenvalue weighted by Gasteiger charge is -2.06. The van der Waals surface area contributed by atoms with Crippen molar-refractivity contribution in [2.24, 2.45) is 5.73 Å². The predicted molar refractivity (Wildman–Crippen MR) is 55.1 cm³/mol. The summed E-state index contributed by atoms with van der Waals surface area (Å²) >= 11 is 0. The Morgan fingerprint density at radius 3 is 3.00 bits per heavy atom. The topological polar surface area (TPSA) is 61.3 Å². The van der Waals surface area contributed by atoms with Gasteiger partial charge < -0.3 is 14.9 Å². The van der Waals surface area contributed by atoms with Crippen LogP contribution in [0.3, 0.4) is 0 Å². The quantitative estimate of drug-likeness (QED) is 0.857. The van der Waals surface area contributed by atoms with Crippen molar-refractivity contribution in [2.45, 2.75) is 13.2 Å². The molecule has 84 valence electrons. The fourth-order valence-corrected chi connectivity index (χ4v) is 1.25. The van der Waals surface area contributed by atoms with Gasteiger partial charge in [0.15, 0.2) is 5.82 Å². The van der Waals surface area contributed by atoms with Crippen LogP contribution in [0.5, 0.6) is 5.88 Å². The summed E-state index contributed by atoms with van der Waals surface area (Å²) in [7, 11) is 0. The van der Waals surface area contributed by atoms with Crippen LogP contribution in [-0.2, 0) is 13.2 Å². The Hall–Kier alpha value is -1.88. The number of hydrogen-bond acceptors (Lipinski definition) is 4. The molecule has 5 heteroatoms. The SMILES string of the molecule is NCc1ccnc(OCc2ccco2)c1F. The molecule has 2 heterocycles. The van der Waals surface area contributed by atoms with Gasteiger partial charge in [-0.2, -0.15) is 0 Å². The summed E-state index contributed by atoms with van der Waals surface area (Å²) in [6, 6.07) is 5.00. The van der Waals surface area contributed by atoms with Gasteiger partial charge in [0.05, 0.1) is 6.26 Å². The van der Waals surface area contributed by atoms with E-state index in [0.717, 1.165) is 0 Å². The summed E-state index contributed by atoms with van der Waals surface area (Å²) in [6.07, 6.45) is 2.99. The summed E-state index contributed by atoms with van der Waals surface area (Å²) in [4.78, 5) is 3.79. The van der Waals surface area contributed by atoms with Crippen molar-refractivity contribution in [2.75, 3.05) is 0 Å². The molecule has 0 atom stereocenters. The van der Waals surface area contributed by atoms with Gasteiger partial charge in [0.25, 0.3) is 5.88 Å². The molecule has 0 saturated carbocycles. The monoisotopic (exact) mass is 222 g/mol. The molecule has 16 heavy (non-hydrogen) atoms. The molecule has 4 nitrogen and oxygen atoms in total. The van der Waals surface area contributed by atoms with Crippen LogP contribution in [0.15, 0.2) is 35.1 Å². The van der Waals surface area contributed by atoms with Crippen molar-refractivity contribution >= 4 is 0 Å². The largest absolute Gasteiger partial charge is 0.467 e.